The Labute approximate surface area is 235 Å². The number of hydrogen-bond acceptors (Lipinski definition) is 5. The van der Waals surface area contributed by atoms with Crippen molar-refractivity contribution in [2.45, 2.75) is 25.4 Å². The highest BCUT2D eigenvalue weighted by Crippen LogP contribution is 2.41. The lowest BCUT2D eigenvalue weighted by atomic mass is 10.0. The van der Waals surface area contributed by atoms with Gasteiger partial charge < -0.3 is 25.1 Å². The highest BCUT2D eigenvalue weighted by molar-refractivity contribution is 7.80. The normalized spacial score (nSPS) is 16.7. The second-order valence-corrected chi connectivity index (χ2v) is 9.98. The Morgan fingerprint density at radius 3 is 2.64 bits per heavy atom. The van der Waals surface area contributed by atoms with Gasteiger partial charge in [-0.25, -0.2) is 4.79 Å². The predicted octanol–water partition coefficient (Wildman–Crippen LogP) is 6.00. The van der Waals surface area contributed by atoms with Gasteiger partial charge in [-0.2, -0.15) is 0 Å². The first-order valence-corrected chi connectivity index (χ1v) is 13.1. The van der Waals surface area contributed by atoms with Crippen LogP contribution in [0.2, 0.25) is 5.02 Å². The molecule has 1 aliphatic rings. The number of carboxylic acid groups (broad SMARTS) is 1. The fourth-order valence-corrected chi connectivity index (χ4v) is 5.08. The molecule has 3 heterocycles. The van der Waals surface area contributed by atoms with E-state index in [9.17, 15) is 14.7 Å². The van der Waals surface area contributed by atoms with Gasteiger partial charge in [0, 0.05) is 30.4 Å². The second-order valence-electron chi connectivity index (χ2n) is 9.19. The molecule has 1 saturated heterocycles. The molecule has 2 atom stereocenters. The SMILES string of the molecule is Cc1ccc(NC(=O)CCN2C(=S)N[C@H](c3ccccn3)[C@@H]2c2ccc(-c3cc(C(=O)O)ccc3Cl)o2)cc1. The van der Waals surface area contributed by atoms with E-state index in [2.05, 4.69) is 15.6 Å². The van der Waals surface area contributed by atoms with E-state index in [1.54, 1.807) is 12.3 Å². The number of nitrogens with one attached hydrogen (secondary N) is 2. The van der Waals surface area contributed by atoms with Crippen LogP contribution in [0.4, 0.5) is 5.69 Å². The standard InChI is InChI=1S/C29H25ClN4O4S/c1-17-5-8-19(9-6-17)32-25(35)13-15-34-27(26(33-29(34)39)22-4-2-3-14-31-22)24-12-11-23(38-24)20-16-18(28(36)37)7-10-21(20)30/h2-12,14,16,26-27H,13,15H2,1H3,(H,32,35)(H,33,39)(H,36,37)/t26-,27+/m1/s1. The maximum absolute atomic E-state index is 12.8. The Balaban J connectivity index is 1.42. The number of amides is 1. The Morgan fingerprint density at radius 1 is 1.13 bits per heavy atom. The Bertz CT molecular complexity index is 1520. The molecule has 10 heteroatoms. The molecule has 2 aromatic carbocycles. The van der Waals surface area contributed by atoms with Crippen LogP contribution >= 0.6 is 23.8 Å². The number of aromatic nitrogens is 1. The molecule has 5 rings (SSSR count). The van der Waals surface area contributed by atoms with Gasteiger partial charge in [0.15, 0.2) is 5.11 Å². The number of carbonyl (C=O) groups is 2. The predicted molar refractivity (Wildman–Crippen MR) is 153 cm³/mol. The van der Waals surface area contributed by atoms with E-state index in [0.29, 0.717) is 33.8 Å². The van der Waals surface area contributed by atoms with Gasteiger partial charge in [0.05, 0.1) is 22.3 Å². The molecular formula is C29H25ClN4O4S. The average molecular weight is 561 g/mol. The lowest BCUT2D eigenvalue weighted by Crippen LogP contribution is -2.32. The third-order valence-corrected chi connectivity index (χ3v) is 7.19. The molecule has 0 radical (unpaired) electrons. The van der Waals surface area contributed by atoms with E-state index in [-0.39, 0.29) is 23.9 Å². The van der Waals surface area contributed by atoms with Gasteiger partial charge in [0.2, 0.25) is 5.91 Å². The highest BCUT2D eigenvalue weighted by atomic mass is 35.5. The summed E-state index contributed by atoms with van der Waals surface area (Å²) in [5.41, 5.74) is 3.17. The van der Waals surface area contributed by atoms with Crippen LogP contribution in [0.1, 0.15) is 45.9 Å². The van der Waals surface area contributed by atoms with Crippen molar-refractivity contribution in [2.24, 2.45) is 0 Å². The molecule has 0 unspecified atom stereocenters. The molecule has 2 aromatic heterocycles. The lowest BCUT2D eigenvalue weighted by Gasteiger charge is -2.25. The molecule has 4 aromatic rings. The van der Waals surface area contributed by atoms with Crippen LogP contribution in [-0.2, 0) is 4.79 Å². The van der Waals surface area contributed by atoms with Crippen LogP contribution in [0.25, 0.3) is 11.3 Å². The summed E-state index contributed by atoms with van der Waals surface area (Å²) in [6.45, 7) is 2.32. The third-order valence-electron chi connectivity index (χ3n) is 6.51. The molecule has 0 aliphatic carbocycles. The number of aromatic carboxylic acids is 1. The summed E-state index contributed by atoms with van der Waals surface area (Å²) >= 11 is 12.1. The largest absolute Gasteiger partial charge is 0.478 e. The van der Waals surface area contributed by atoms with Crippen molar-refractivity contribution in [3.63, 3.8) is 0 Å². The summed E-state index contributed by atoms with van der Waals surface area (Å²) in [7, 11) is 0. The summed E-state index contributed by atoms with van der Waals surface area (Å²) < 4.78 is 6.27. The zero-order valence-corrected chi connectivity index (χ0v) is 22.5. The average Bonchev–Trinajstić information content (AvgIpc) is 3.54. The molecular weight excluding hydrogens is 536 g/mol. The van der Waals surface area contributed by atoms with Crippen molar-refractivity contribution in [3.8, 4) is 11.3 Å². The first-order chi connectivity index (χ1) is 18.8. The molecule has 39 heavy (non-hydrogen) atoms. The molecule has 0 spiro atoms. The van der Waals surface area contributed by atoms with Crippen molar-refractivity contribution in [3.05, 3.63) is 107 Å². The summed E-state index contributed by atoms with van der Waals surface area (Å²) in [6.07, 6.45) is 1.90. The van der Waals surface area contributed by atoms with Crippen LogP contribution in [0.5, 0.6) is 0 Å². The lowest BCUT2D eigenvalue weighted by molar-refractivity contribution is -0.116. The van der Waals surface area contributed by atoms with Gasteiger partial charge in [0.25, 0.3) is 0 Å². The Hall–Kier alpha value is -4.21. The number of anilines is 1. The maximum Gasteiger partial charge on any atom is 0.335 e. The number of carbonyl (C=O) groups excluding carboxylic acids is 1. The quantitative estimate of drug-likeness (QED) is 0.225. The minimum Gasteiger partial charge on any atom is -0.478 e. The van der Waals surface area contributed by atoms with Gasteiger partial charge in [-0.3, -0.25) is 9.78 Å². The van der Waals surface area contributed by atoms with Gasteiger partial charge in [0.1, 0.15) is 17.6 Å². The number of hydrogen-bond donors (Lipinski definition) is 3. The van der Waals surface area contributed by atoms with Crippen molar-refractivity contribution >= 4 is 46.5 Å². The molecule has 3 N–H and O–H groups in total. The minimum atomic E-state index is -1.06. The summed E-state index contributed by atoms with van der Waals surface area (Å²) in [5, 5.41) is 16.5. The van der Waals surface area contributed by atoms with E-state index in [0.717, 1.165) is 16.9 Å². The number of rotatable bonds is 8. The number of nitrogens with zero attached hydrogens (tertiary/aromatic N) is 2. The van der Waals surface area contributed by atoms with Crippen molar-refractivity contribution in [1.82, 2.24) is 15.2 Å². The second kappa shape index (κ2) is 11.3. The first-order valence-electron chi connectivity index (χ1n) is 12.3. The zero-order valence-electron chi connectivity index (χ0n) is 20.9. The van der Waals surface area contributed by atoms with Crippen molar-refractivity contribution in [1.29, 1.82) is 0 Å². The summed E-state index contributed by atoms with van der Waals surface area (Å²) in [5.74, 6) is -0.203. The topological polar surface area (TPSA) is 108 Å². The molecule has 1 aliphatic heterocycles. The molecule has 8 nitrogen and oxygen atoms in total. The number of benzene rings is 2. The number of aryl methyl sites for hydroxylation is 1. The summed E-state index contributed by atoms with van der Waals surface area (Å²) in [4.78, 5) is 30.7. The Morgan fingerprint density at radius 2 is 1.92 bits per heavy atom. The Kier molecular flexibility index (Phi) is 7.63. The monoisotopic (exact) mass is 560 g/mol. The van der Waals surface area contributed by atoms with Crippen LogP contribution in [0.15, 0.2) is 83.4 Å². The number of pyridine rings is 1. The van der Waals surface area contributed by atoms with E-state index in [4.69, 9.17) is 28.2 Å². The first kappa shape index (κ1) is 26.4. The minimum absolute atomic E-state index is 0.101. The van der Waals surface area contributed by atoms with E-state index >= 15 is 0 Å². The third kappa shape index (κ3) is 5.79. The van der Waals surface area contributed by atoms with Gasteiger partial charge in [-0.05, 0) is 73.7 Å². The number of carboxylic acids is 1. The summed E-state index contributed by atoms with van der Waals surface area (Å²) in [6, 6.07) is 20.5. The molecule has 0 bridgehead atoms. The van der Waals surface area contributed by atoms with Crippen LogP contribution in [-0.4, -0.2) is 38.5 Å². The van der Waals surface area contributed by atoms with E-state index < -0.39 is 12.0 Å². The van der Waals surface area contributed by atoms with Gasteiger partial charge in [-0.1, -0.05) is 35.4 Å². The number of furan rings is 1. The van der Waals surface area contributed by atoms with Crippen LogP contribution in [0, 0.1) is 6.92 Å². The molecule has 1 amide bonds. The van der Waals surface area contributed by atoms with Gasteiger partial charge in [-0.15, -0.1) is 0 Å². The van der Waals surface area contributed by atoms with E-state index in [1.807, 2.05) is 60.4 Å². The van der Waals surface area contributed by atoms with Crippen molar-refractivity contribution in [2.75, 3.05) is 11.9 Å². The van der Waals surface area contributed by atoms with Gasteiger partial charge >= 0.3 is 5.97 Å². The fourth-order valence-electron chi connectivity index (χ4n) is 4.54. The smallest absolute Gasteiger partial charge is 0.335 e. The molecule has 198 valence electrons. The zero-order chi connectivity index (χ0) is 27.5. The maximum atomic E-state index is 12.8. The number of halogens is 1. The van der Waals surface area contributed by atoms with Crippen LogP contribution in [0.3, 0.4) is 0 Å². The molecule has 0 saturated carbocycles. The molecule has 1 fully saturated rings. The highest BCUT2D eigenvalue weighted by Gasteiger charge is 2.41. The van der Waals surface area contributed by atoms with E-state index in [1.165, 1.54) is 18.2 Å². The van der Waals surface area contributed by atoms with Crippen molar-refractivity contribution < 1.29 is 19.1 Å². The number of thiocarbonyl (C=S) groups is 1. The fraction of sp³-hybridized carbons (Fsp3) is 0.172. The van der Waals surface area contributed by atoms with Crippen LogP contribution < -0.4 is 10.6 Å².